The summed E-state index contributed by atoms with van der Waals surface area (Å²) in [4.78, 5) is 27.3. The monoisotopic (exact) mass is 306 g/mol. The van der Waals surface area contributed by atoms with Crippen LogP contribution in [0.1, 0.15) is 5.56 Å². The topological polar surface area (TPSA) is 81.1 Å². The normalized spacial score (nSPS) is 20.6. The van der Waals surface area contributed by atoms with Gasteiger partial charge in [-0.3, -0.25) is 9.59 Å². The van der Waals surface area contributed by atoms with Crippen LogP contribution in [0, 0.1) is 5.92 Å². The molecule has 1 fully saturated rings. The average Bonchev–Trinajstić information content (AvgIpc) is 2.48. The second-order valence-corrected chi connectivity index (χ2v) is 5.71. The Balaban J connectivity index is 2.16. The van der Waals surface area contributed by atoms with Crippen molar-refractivity contribution in [2.45, 2.75) is 12.5 Å². The van der Waals surface area contributed by atoms with Gasteiger partial charge in [0.05, 0.1) is 6.61 Å². The van der Waals surface area contributed by atoms with Crippen LogP contribution in [0.25, 0.3) is 0 Å². The second-order valence-electron chi connectivity index (χ2n) is 5.71. The lowest BCUT2D eigenvalue weighted by atomic mass is 10.00. The molecule has 2 N–H and O–H groups in total. The molecule has 0 aromatic heterocycles. The molecular formula is C16H22N2O4. The highest BCUT2D eigenvalue weighted by Crippen LogP contribution is 2.17. The zero-order chi connectivity index (χ0) is 16.1. The van der Waals surface area contributed by atoms with Crippen LogP contribution in [-0.2, 0) is 16.0 Å². The molecule has 1 unspecified atom stereocenters. The first-order valence-electron chi connectivity index (χ1n) is 7.39. The highest BCUT2D eigenvalue weighted by atomic mass is 16.4. The van der Waals surface area contributed by atoms with E-state index in [1.54, 1.807) is 4.90 Å². The Morgan fingerprint density at radius 1 is 1.27 bits per heavy atom. The third-order valence-electron chi connectivity index (χ3n) is 4.06. The van der Waals surface area contributed by atoms with E-state index in [4.69, 9.17) is 5.11 Å². The predicted octanol–water partition coefficient (Wildman–Crippen LogP) is 0.0648. The maximum atomic E-state index is 12.4. The van der Waals surface area contributed by atoms with E-state index < -0.39 is 24.4 Å². The smallest absolute Gasteiger partial charge is 0.318 e. The van der Waals surface area contributed by atoms with Crippen LogP contribution in [0.5, 0.6) is 0 Å². The molecule has 1 aromatic rings. The molecule has 1 amide bonds. The van der Waals surface area contributed by atoms with Crippen LogP contribution in [0.15, 0.2) is 30.3 Å². The van der Waals surface area contributed by atoms with Gasteiger partial charge in [0.25, 0.3) is 0 Å². The average molecular weight is 306 g/mol. The Bertz CT molecular complexity index is 520. The number of benzene rings is 1. The quantitative estimate of drug-likeness (QED) is 0.752. The number of hydrogen-bond acceptors (Lipinski definition) is 4. The SMILES string of the molecule is CN1CCN(C(=O)[C@H](CO)C(=O)O)C(Cc2ccccc2)C1. The fourth-order valence-electron chi connectivity index (χ4n) is 2.82. The number of rotatable bonds is 5. The lowest BCUT2D eigenvalue weighted by Gasteiger charge is -2.41. The number of piperazine rings is 1. The van der Waals surface area contributed by atoms with Crippen LogP contribution >= 0.6 is 0 Å². The van der Waals surface area contributed by atoms with Gasteiger partial charge in [0.2, 0.25) is 5.91 Å². The molecule has 1 aromatic carbocycles. The fourth-order valence-corrected chi connectivity index (χ4v) is 2.82. The number of carboxylic acid groups (broad SMARTS) is 1. The lowest BCUT2D eigenvalue weighted by Crippen LogP contribution is -2.57. The number of amides is 1. The number of hydrogen-bond donors (Lipinski definition) is 2. The summed E-state index contributed by atoms with van der Waals surface area (Å²) in [5.74, 6) is -3.14. The zero-order valence-electron chi connectivity index (χ0n) is 12.7. The van der Waals surface area contributed by atoms with Crippen molar-refractivity contribution in [2.75, 3.05) is 33.3 Å². The molecule has 0 spiro atoms. The van der Waals surface area contributed by atoms with Gasteiger partial charge in [0, 0.05) is 25.7 Å². The third kappa shape index (κ3) is 3.84. The van der Waals surface area contributed by atoms with E-state index in [9.17, 15) is 14.7 Å². The molecule has 1 heterocycles. The number of aliphatic hydroxyl groups excluding tert-OH is 1. The molecule has 1 aliphatic heterocycles. The number of carbonyl (C=O) groups is 2. The molecule has 2 atom stereocenters. The van der Waals surface area contributed by atoms with E-state index in [1.165, 1.54) is 0 Å². The summed E-state index contributed by atoms with van der Waals surface area (Å²) in [6.07, 6.45) is 0.675. The predicted molar refractivity (Wildman–Crippen MR) is 81.4 cm³/mol. The summed E-state index contributed by atoms with van der Waals surface area (Å²) in [5, 5.41) is 18.3. The van der Waals surface area contributed by atoms with Crippen molar-refractivity contribution in [1.82, 2.24) is 9.80 Å². The maximum absolute atomic E-state index is 12.4. The third-order valence-corrected chi connectivity index (χ3v) is 4.06. The number of aliphatic carboxylic acids is 1. The molecular weight excluding hydrogens is 284 g/mol. The molecule has 0 saturated carbocycles. The zero-order valence-corrected chi connectivity index (χ0v) is 12.7. The molecule has 6 heteroatoms. The summed E-state index contributed by atoms with van der Waals surface area (Å²) in [7, 11) is 1.99. The molecule has 22 heavy (non-hydrogen) atoms. The molecule has 1 aliphatic rings. The standard InChI is InChI=1S/C16H22N2O4/c1-17-7-8-18(15(20)14(11-19)16(21)22)13(10-17)9-12-5-3-2-4-6-12/h2-6,13-14,19H,7-11H2,1H3,(H,21,22)/t13?,14-/m0/s1. The summed E-state index contributed by atoms with van der Waals surface area (Å²) in [6, 6.07) is 9.74. The number of carboxylic acids is 1. The first-order chi connectivity index (χ1) is 10.5. The second kappa shape index (κ2) is 7.38. The molecule has 2 rings (SSSR count). The minimum absolute atomic E-state index is 0.0814. The van der Waals surface area contributed by atoms with Crippen molar-refractivity contribution < 1.29 is 19.8 Å². The van der Waals surface area contributed by atoms with Crippen LogP contribution in [-0.4, -0.2) is 71.2 Å². The van der Waals surface area contributed by atoms with E-state index in [-0.39, 0.29) is 6.04 Å². The Hall–Kier alpha value is -1.92. The summed E-state index contributed by atoms with van der Waals surface area (Å²) < 4.78 is 0. The summed E-state index contributed by atoms with van der Waals surface area (Å²) in [6.45, 7) is 1.21. The largest absolute Gasteiger partial charge is 0.481 e. The Kier molecular flexibility index (Phi) is 5.51. The number of likely N-dealkylation sites (N-methyl/N-ethyl adjacent to an activating group) is 1. The number of carbonyl (C=O) groups excluding carboxylic acids is 1. The van der Waals surface area contributed by atoms with E-state index >= 15 is 0 Å². The van der Waals surface area contributed by atoms with E-state index in [0.29, 0.717) is 26.1 Å². The van der Waals surface area contributed by atoms with Gasteiger partial charge in [-0.15, -0.1) is 0 Å². The molecule has 6 nitrogen and oxygen atoms in total. The Morgan fingerprint density at radius 3 is 2.55 bits per heavy atom. The maximum Gasteiger partial charge on any atom is 0.318 e. The number of aliphatic hydroxyl groups is 1. The van der Waals surface area contributed by atoms with Crippen molar-refractivity contribution in [3.05, 3.63) is 35.9 Å². The van der Waals surface area contributed by atoms with Gasteiger partial charge >= 0.3 is 5.97 Å². The summed E-state index contributed by atoms with van der Waals surface area (Å²) >= 11 is 0. The van der Waals surface area contributed by atoms with Gasteiger partial charge in [-0.05, 0) is 19.0 Å². The molecule has 0 radical (unpaired) electrons. The van der Waals surface area contributed by atoms with Gasteiger partial charge in [0.15, 0.2) is 5.92 Å². The van der Waals surface area contributed by atoms with Gasteiger partial charge in [-0.2, -0.15) is 0 Å². The van der Waals surface area contributed by atoms with Crippen LogP contribution in [0.2, 0.25) is 0 Å². The first-order valence-corrected chi connectivity index (χ1v) is 7.39. The first kappa shape index (κ1) is 16.5. The van der Waals surface area contributed by atoms with Gasteiger partial charge in [0.1, 0.15) is 0 Å². The molecule has 120 valence electrons. The number of nitrogens with zero attached hydrogens (tertiary/aromatic N) is 2. The van der Waals surface area contributed by atoms with E-state index in [1.807, 2.05) is 37.4 Å². The lowest BCUT2D eigenvalue weighted by molar-refractivity contribution is -0.155. The molecule has 1 saturated heterocycles. The van der Waals surface area contributed by atoms with Gasteiger partial charge in [-0.1, -0.05) is 30.3 Å². The van der Waals surface area contributed by atoms with Crippen LogP contribution < -0.4 is 0 Å². The minimum Gasteiger partial charge on any atom is -0.481 e. The van der Waals surface area contributed by atoms with Crippen molar-refractivity contribution >= 4 is 11.9 Å². The van der Waals surface area contributed by atoms with Gasteiger partial charge in [-0.25, -0.2) is 0 Å². The summed E-state index contributed by atoms with van der Waals surface area (Å²) in [5.41, 5.74) is 1.11. The van der Waals surface area contributed by atoms with Crippen molar-refractivity contribution in [1.29, 1.82) is 0 Å². The Morgan fingerprint density at radius 2 is 1.95 bits per heavy atom. The van der Waals surface area contributed by atoms with Crippen molar-refractivity contribution in [3.63, 3.8) is 0 Å². The minimum atomic E-state index is -1.37. The van der Waals surface area contributed by atoms with Crippen LogP contribution in [0.3, 0.4) is 0 Å². The van der Waals surface area contributed by atoms with Crippen molar-refractivity contribution in [2.24, 2.45) is 5.92 Å². The Labute approximate surface area is 130 Å². The van der Waals surface area contributed by atoms with E-state index in [2.05, 4.69) is 4.90 Å². The van der Waals surface area contributed by atoms with Crippen molar-refractivity contribution in [3.8, 4) is 0 Å². The molecule has 0 bridgehead atoms. The highest BCUT2D eigenvalue weighted by molar-refractivity contribution is 5.97. The molecule has 0 aliphatic carbocycles. The fraction of sp³-hybridized carbons (Fsp3) is 0.500. The van der Waals surface area contributed by atoms with Crippen LogP contribution in [0.4, 0.5) is 0 Å². The van der Waals surface area contributed by atoms with Gasteiger partial charge < -0.3 is 20.0 Å². The highest BCUT2D eigenvalue weighted by Gasteiger charge is 2.36. The van der Waals surface area contributed by atoms with E-state index in [0.717, 1.165) is 5.56 Å².